The number of rotatable bonds is 11. The average molecular weight is 344 g/mol. The van der Waals surface area contributed by atoms with Crippen molar-refractivity contribution in [1.29, 1.82) is 0 Å². The molecule has 0 aliphatic rings. The normalized spacial score (nSPS) is 10.6. The molecule has 22 heavy (non-hydrogen) atoms. The minimum atomic E-state index is -1.48. The number of aliphatic carboxylic acids is 3. The third-order valence-electron chi connectivity index (χ3n) is 2.29. The summed E-state index contributed by atoms with van der Waals surface area (Å²) in [5, 5.41) is 42.6. The zero-order chi connectivity index (χ0) is 14.8. The number of carboxylic acid groups (broad SMARTS) is 3. The Kier molecular flexibility index (Phi) is 26.3. The molecular formula is C10H15N2Na3O7. The number of carbonyl (C=O) groups excluding carboxylic acids is 3. The molecule has 12 heteroatoms. The predicted octanol–water partition coefficient (Wildman–Crippen LogP) is -15.1. The van der Waals surface area contributed by atoms with Gasteiger partial charge in [-0.1, -0.05) is 0 Å². The molecule has 1 unspecified atom stereocenters. The fourth-order valence-corrected chi connectivity index (χ4v) is 1.55. The van der Waals surface area contributed by atoms with Crippen LogP contribution in [0.2, 0.25) is 0 Å². The summed E-state index contributed by atoms with van der Waals surface area (Å²) in [6.45, 7) is -2.12. The molecule has 0 rings (SSSR count). The summed E-state index contributed by atoms with van der Waals surface area (Å²) < 4.78 is 0. The van der Waals surface area contributed by atoms with Gasteiger partial charge in [0.1, 0.15) is 0 Å². The number of nitrogens with zero attached hydrogens (tertiary/aromatic N) is 1. The van der Waals surface area contributed by atoms with Gasteiger partial charge in [0.25, 0.3) is 0 Å². The standard InChI is InChI=1S/C10H18N2O7.3Na/c13-2-1-7(3-11-4-8(14)15)12(5-9(16)17)6-10(18)19;;;/h7,11,13H,1-6H2,(H,14,15)(H,16,17)(H,18,19);;;/q;3*+1/p-3. The van der Waals surface area contributed by atoms with Crippen molar-refractivity contribution in [2.24, 2.45) is 0 Å². The van der Waals surface area contributed by atoms with Gasteiger partial charge in [0.05, 0.1) is 17.9 Å². The van der Waals surface area contributed by atoms with Crippen molar-refractivity contribution < 1.29 is 123 Å². The van der Waals surface area contributed by atoms with Gasteiger partial charge in [-0.3, -0.25) is 4.90 Å². The first-order valence-corrected chi connectivity index (χ1v) is 5.52. The van der Waals surface area contributed by atoms with Crippen molar-refractivity contribution in [3.05, 3.63) is 0 Å². The summed E-state index contributed by atoms with van der Waals surface area (Å²) in [6.07, 6.45) is 0.0700. The fourth-order valence-electron chi connectivity index (χ4n) is 1.55. The van der Waals surface area contributed by atoms with Crippen LogP contribution in [-0.4, -0.2) is 66.7 Å². The first-order chi connectivity index (χ1) is 8.86. The monoisotopic (exact) mass is 344 g/mol. The number of nitrogens with one attached hydrogen (secondary N) is 1. The number of hydrogen-bond donors (Lipinski definition) is 2. The van der Waals surface area contributed by atoms with E-state index in [2.05, 4.69) is 5.32 Å². The molecule has 0 heterocycles. The maximum absolute atomic E-state index is 10.5. The summed E-state index contributed by atoms with van der Waals surface area (Å²) >= 11 is 0. The van der Waals surface area contributed by atoms with Crippen LogP contribution in [0.5, 0.6) is 0 Å². The van der Waals surface area contributed by atoms with Crippen molar-refractivity contribution in [1.82, 2.24) is 10.2 Å². The van der Waals surface area contributed by atoms with Crippen molar-refractivity contribution in [3.63, 3.8) is 0 Å². The van der Waals surface area contributed by atoms with E-state index < -0.39 is 43.6 Å². The van der Waals surface area contributed by atoms with Gasteiger partial charge in [-0.15, -0.1) is 0 Å². The van der Waals surface area contributed by atoms with Crippen molar-refractivity contribution in [2.75, 3.05) is 32.8 Å². The third-order valence-corrected chi connectivity index (χ3v) is 2.29. The van der Waals surface area contributed by atoms with Gasteiger partial charge < -0.3 is 40.1 Å². The molecule has 0 saturated heterocycles. The van der Waals surface area contributed by atoms with E-state index in [9.17, 15) is 29.7 Å². The second-order valence-electron chi connectivity index (χ2n) is 3.82. The van der Waals surface area contributed by atoms with Gasteiger partial charge in [0.15, 0.2) is 0 Å². The Bertz CT molecular complexity index is 318. The van der Waals surface area contributed by atoms with E-state index in [4.69, 9.17) is 5.11 Å². The average Bonchev–Trinajstić information content (AvgIpc) is 2.25. The molecule has 9 nitrogen and oxygen atoms in total. The van der Waals surface area contributed by atoms with Crippen LogP contribution in [0.25, 0.3) is 0 Å². The SMILES string of the molecule is O=C([O-])CNCC(CCO)N(CC(=O)[O-])CC(=O)[O-].[Na+].[Na+].[Na+]. The van der Waals surface area contributed by atoms with Crippen LogP contribution in [0, 0.1) is 0 Å². The molecule has 0 aliphatic carbocycles. The van der Waals surface area contributed by atoms with E-state index in [0.29, 0.717) is 0 Å². The molecule has 0 aromatic heterocycles. The minimum Gasteiger partial charge on any atom is -0.549 e. The molecule has 110 valence electrons. The Morgan fingerprint density at radius 2 is 1.41 bits per heavy atom. The van der Waals surface area contributed by atoms with Crippen LogP contribution < -0.4 is 109 Å². The van der Waals surface area contributed by atoms with Gasteiger partial charge in [-0.2, -0.15) is 0 Å². The number of hydrogen-bond acceptors (Lipinski definition) is 9. The molecule has 0 spiro atoms. The van der Waals surface area contributed by atoms with E-state index in [1.54, 1.807) is 0 Å². The van der Waals surface area contributed by atoms with Crippen molar-refractivity contribution in [3.8, 4) is 0 Å². The molecule has 0 amide bonds. The molecule has 0 saturated carbocycles. The predicted molar refractivity (Wildman–Crippen MR) is 55.0 cm³/mol. The molecule has 0 aromatic carbocycles. The molecule has 1 atom stereocenters. The van der Waals surface area contributed by atoms with E-state index in [0.717, 1.165) is 4.90 Å². The maximum Gasteiger partial charge on any atom is 1.00 e. The number of aliphatic hydroxyl groups excluding tert-OH is 1. The van der Waals surface area contributed by atoms with Gasteiger partial charge in [-0.05, 0) is 6.42 Å². The topological polar surface area (TPSA) is 156 Å². The summed E-state index contributed by atoms with van der Waals surface area (Å²) in [5.74, 6) is -4.32. The number of aliphatic hydroxyl groups is 1. The Hall–Kier alpha value is 1.29. The van der Waals surface area contributed by atoms with Crippen molar-refractivity contribution in [2.45, 2.75) is 12.5 Å². The Balaban J connectivity index is -0.000000540. The quantitative estimate of drug-likeness (QED) is 0.347. The Morgan fingerprint density at radius 3 is 1.73 bits per heavy atom. The molecule has 0 radical (unpaired) electrons. The van der Waals surface area contributed by atoms with E-state index in [-0.39, 0.29) is 108 Å². The van der Waals surface area contributed by atoms with Crippen LogP contribution in [0.4, 0.5) is 0 Å². The van der Waals surface area contributed by atoms with Gasteiger partial charge in [-0.25, -0.2) is 0 Å². The molecular weight excluding hydrogens is 329 g/mol. The van der Waals surface area contributed by atoms with E-state index >= 15 is 0 Å². The summed E-state index contributed by atoms with van der Waals surface area (Å²) in [6, 6.07) is -0.680. The van der Waals surface area contributed by atoms with Gasteiger partial charge >= 0.3 is 88.7 Å². The molecule has 2 N–H and O–H groups in total. The second-order valence-corrected chi connectivity index (χ2v) is 3.82. The van der Waals surface area contributed by atoms with Gasteiger partial charge in [0.2, 0.25) is 0 Å². The smallest absolute Gasteiger partial charge is 0.549 e. The van der Waals surface area contributed by atoms with Crippen molar-refractivity contribution >= 4 is 17.9 Å². The second kappa shape index (κ2) is 18.6. The summed E-state index contributed by atoms with van der Waals surface area (Å²) in [5.41, 5.74) is 0. The Labute approximate surface area is 194 Å². The van der Waals surface area contributed by atoms with E-state index in [1.807, 2.05) is 0 Å². The molecule has 0 aromatic rings. The summed E-state index contributed by atoms with van der Waals surface area (Å²) in [4.78, 5) is 32.3. The first kappa shape index (κ1) is 31.1. The number of carboxylic acids is 3. The maximum atomic E-state index is 10.5. The van der Waals surface area contributed by atoms with Crippen LogP contribution in [-0.2, 0) is 14.4 Å². The minimum absolute atomic E-state index is 0. The zero-order valence-electron chi connectivity index (χ0n) is 13.2. The first-order valence-electron chi connectivity index (χ1n) is 5.52. The van der Waals surface area contributed by atoms with Crippen LogP contribution in [0.15, 0.2) is 0 Å². The fraction of sp³-hybridized carbons (Fsp3) is 0.700. The van der Waals surface area contributed by atoms with Crippen LogP contribution in [0.3, 0.4) is 0 Å². The Morgan fingerprint density at radius 1 is 0.955 bits per heavy atom. The summed E-state index contributed by atoms with van der Waals surface area (Å²) in [7, 11) is 0. The van der Waals surface area contributed by atoms with Gasteiger partial charge in [0, 0.05) is 38.8 Å². The van der Waals surface area contributed by atoms with Crippen LogP contribution >= 0.6 is 0 Å². The third kappa shape index (κ3) is 17.6. The molecule has 0 bridgehead atoms. The number of carbonyl (C=O) groups is 3. The zero-order valence-corrected chi connectivity index (χ0v) is 19.2. The molecule has 0 fully saturated rings. The molecule has 0 aliphatic heterocycles. The van der Waals surface area contributed by atoms with Crippen LogP contribution in [0.1, 0.15) is 6.42 Å². The van der Waals surface area contributed by atoms with E-state index in [1.165, 1.54) is 0 Å². The largest absolute Gasteiger partial charge is 1.00 e.